The Morgan fingerprint density at radius 3 is 2.70 bits per heavy atom. The van der Waals surface area contributed by atoms with Crippen molar-refractivity contribution < 1.29 is 4.79 Å². The molecular weight excluding hydrogens is 358 g/mol. The lowest BCUT2D eigenvalue weighted by Crippen LogP contribution is -2.29. The molecule has 0 saturated carbocycles. The van der Waals surface area contributed by atoms with Crippen LogP contribution in [0.3, 0.4) is 0 Å². The Hall–Kier alpha value is -2.67. The number of hydrogen-bond acceptors (Lipinski definition) is 5. The number of carbonyl (C=O) groups excluding carboxylic acids is 1. The highest BCUT2D eigenvalue weighted by Crippen LogP contribution is 2.22. The smallest absolute Gasteiger partial charge is 0.230 e. The van der Waals surface area contributed by atoms with Gasteiger partial charge in [0, 0.05) is 6.54 Å². The third-order valence-electron chi connectivity index (χ3n) is 4.55. The maximum Gasteiger partial charge on any atom is 0.230 e. The van der Waals surface area contributed by atoms with Crippen LogP contribution < -0.4 is 5.32 Å². The molecular formula is C20H23N5OS. The second kappa shape index (κ2) is 8.81. The van der Waals surface area contributed by atoms with Gasteiger partial charge >= 0.3 is 0 Å². The molecule has 7 heteroatoms. The van der Waals surface area contributed by atoms with Crippen molar-refractivity contribution in [2.75, 3.05) is 12.3 Å². The van der Waals surface area contributed by atoms with E-state index in [1.54, 1.807) is 4.68 Å². The molecule has 0 spiro atoms. The molecule has 6 nitrogen and oxygen atoms in total. The predicted octanol–water partition coefficient (Wildman–Crippen LogP) is 3.29. The Labute approximate surface area is 163 Å². The molecule has 27 heavy (non-hydrogen) atoms. The molecule has 1 amide bonds. The number of aromatic nitrogens is 4. The highest BCUT2D eigenvalue weighted by molar-refractivity contribution is 7.99. The van der Waals surface area contributed by atoms with E-state index in [1.165, 1.54) is 22.9 Å². The van der Waals surface area contributed by atoms with E-state index < -0.39 is 0 Å². The van der Waals surface area contributed by atoms with E-state index in [1.807, 2.05) is 37.3 Å². The number of benzene rings is 2. The second-order valence-electron chi connectivity index (χ2n) is 6.50. The normalized spacial score (nSPS) is 12.0. The number of hydrogen-bond donors (Lipinski definition) is 1. The lowest BCUT2D eigenvalue weighted by molar-refractivity contribution is -0.118. The second-order valence-corrected chi connectivity index (χ2v) is 7.44. The Kier molecular flexibility index (Phi) is 6.24. The summed E-state index contributed by atoms with van der Waals surface area (Å²) in [6.45, 7) is 6.80. The standard InChI is InChI=1S/C20H23N5OS/c1-14-8-7-11-18(16(14)3)25-20(22-23-24-25)27-13-19(26)21-12-15(2)17-9-5-4-6-10-17/h4-11,15H,12-13H2,1-3H3,(H,21,26)/t15-/m1/s1. The molecule has 0 saturated heterocycles. The van der Waals surface area contributed by atoms with Gasteiger partial charge in [-0.25, -0.2) is 0 Å². The zero-order chi connectivity index (χ0) is 19.2. The van der Waals surface area contributed by atoms with Gasteiger partial charge < -0.3 is 5.32 Å². The van der Waals surface area contributed by atoms with Crippen LogP contribution in [-0.4, -0.2) is 38.4 Å². The largest absolute Gasteiger partial charge is 0.355 e. The van der Waals surface area contributed by atoms with Crippen LogP contribution in [-0.2, 0) is 4.79 Å². The number of amides is 1. The van der Waals surface area contributed by atoms with Crippen LogP contribution >= 0.6 is 11.8 Å². The molecule has 0 aliphatic heterocycles. The van der Waals surface area contributed by atoms with Crippen LogP contribution in [0.5, 0.6) is 0 Å². The van der Waals surface area contributed by atoms with Crippen LogP contribution in [0.1, 0.15) is 29.5 Å². The summed E-state index contributed by atoms with van der Waals surface area (Å²) in [6, 6.07) is 16.2. The SMILES string of the molecule is Cc1cccc(-n2nnnc2SCC(=O)NC[C@@H](C)c2ccccc2)c1C. The van der Waals surface area contributed by atoms with Gasteiger partial charge in [-0.3, -0.25) is 4.79 Å². The maximum absolute atomic E-state index is 12.2. The zero-order valence-electron chi connectivity index (χ0n) is 15.7. The molecule has 0 aliphatic rings. The minimum Gasteiger partial charge on any atom is -0.355 e. The predicted molar refractivity (Wildman–Crippen MR) is 107 cm³/mol. The third kappa shape index (κ3) is 4.74. The summed E-state index contributed by atoms with van der Waals surface area (Å²) in [5, 5.41) is 15.5. The van der Waals surface area contributed by atoms with Crippen molar-refractivity contribution in [1.82, 2.24) is 25.5 Å². The van der Waals surface area contributed by atoms with Crippen LogP contribution in [0.2, 0.25) is 0 Å². The number of carbonyl (C=O) groups is 1. The van der Waals surface area contributed by atoms with E-state index >= 15 is 0 Å². The summed E-state index contributed by atoms with van der Waals surface area (Å²) in [5.41, 5.74) is 4.43. The molecule has 0 radical (unpaired) electrons. The molecule has 0 aliphatic carbocycles. The number of aryl methyl sites for hydroxylation is 1. The lowest BCUT2D eigenvalue weighted by atomic mass is 10.0. The number of nitrogens with zero attached hydrogens (tertiary/aromatic N) is 4. The fourth-order valence-corrected chi connectivity index (χ4v) is 3.45. The topological polar surface area (TPSA) is 72.7 Å². The van der Waals surface area contributed by atoms with Crippen molar-refractivity contribution in [3.8, 4) is 5.69 Å². The van der Waals surface area contributed by atoms with Gasteiger partial charge in [-0.15, -0.1) is 5.10 Å². The van der Waals surface area contributed by atoms with Crippen molar-refractivity contribution in [3.63, 3.8) is 0 Å². The molecule has 2 aromatic carbocycles. The van der Waals surface area contributed by atoms with E-state index in [2.05, 4.69) is 52.9 Å². The van der Waals surface area contributed by atoms with Gasteiger partial charge in [-0.1, -0.05) is 61.2 Å². The fraction of sp³-hybridized carbons (Fsp3) is 0.300. The average Bonchev–Trinajstić information content (AvgIpc) is 3.15. The summed E-state index contributed by atoms with van der Waals surface area (Å²) in [7, 11) is 0. The van der Waals surface area contributed by atoms with Gasteiger partial charge in [0.25, 0.3) is 0 Å². The molecule has 3 rings (SSSR count). The highest BCUT2D eigenvalue weighted by Gasteiger charge is 2.14. The average molecular weight is 382 g/mol. The summed E-state index contributed by atoms with van der Waals surface area (Å²) in [6.07, 6.45) is 0. The Morgan fingerprint density at radius 1 is 1.15 bits per heavy atom. The maximum atomic E-state index is 12.2. The van der Waals surface area contributed by atoms with Gasteiger partial charge in [0.05, 0.1) is 11.4 Å². The van der Waals surface area contributed by atoms with Crippen molar-refractivity contribution in [1.29, 1.82) is 0 Å². The minimum atomic E-state index is -0.0294. The quantitative estimate of drug-likeness (QED) is 0.636. The number of thioether (sulfide) groups is 1. The lowest BCUT2D eigenvalue weighted by Gasteiger charge is -2.13. The summed E-state index contributed by atoms with van der Waals surface area (Å²) in [4.78, 5) is 12.2. The minimum absolute atomic E-state index is 0.0294. The molecule has 0 unspecified atom stereocenters. The van der Waals surface area contributed by atoms with Gasteiger partial charge in [0.2, 0.25) is 11.1 Å². The first-order valence-corrected chi connectivity index (χ1v) is 9.84. The first-order valence-electron chi connectivity index (χ1n) is 8.85. The Morgan fingerprint density at radius 2 is 1.93 bits per heavy atom. The Bertz CT molecular complexity index is 910. The summed E-state index contributed by atoms with van der Waals surface area (Å²) < 4.78 is 1.69. The van der Waals surface area contributed by atoms with Gasteiger partial charge in [-0.05, 0) is 52.9 Å². The first kappa shape index (κ1) is 19.1. The van der Waals surface area contributed by atoms with E-state index in [0.29, 0.717) is 11.7 Å². The van der Waals surface area contributed by atoms with Crippen molar-refractivity contribution in [3.05, 3.63) is 65.2 Å². The molecule has 1 atom stereocenters. The van der Waals surface area contributed by atoms with Gasteiger partial charge in [0.1, 0.15) is 0 Å². The number of rotatable bonds is 7. The number of tetrazole rings is 1. The summed E-state index contributed by atoms with van der Waals surface area (Å²) >= 11 is 1.33. The van der Waals surface area contributed by atoms with Crippen molar-refractivity contribution in [2.24, 2.45) is 0 Å². The highest BCUT2D eigenvalue weighted by atomic mass is 32.2. The van der Waals surface area contributed by atoms with Crippen LogP contribution in [0, 0.1) is 13.8 Å². The van der Waals surface area contributed by atoms with Crippen LogP contribution in [0.15, 0.2) is 53.7 Å². The van der Waals surface area contributed by atoms with E-state index in [4.69, 9.17) is 0 Å². The molecule has 1 heterocycles. The zero-order valence-corrected chi connectivity index (χ0v) is 16.5. The first-order chi connectivity index (χ1) is 13.1. The van der Waals surface area contributed by atoms with Crippen molar-refractivity contribution >= 4 is 17.7 Å². The summed E-state index contributed by atoms with van der Waals surface area (Å²) in [5.74, 6) is 0.505. The van der Waals surface area contributed by atoms with Gasteiger partial charge in [-0.2, -0.15) is 4.68 Å². The van der Waals surface area contributed by atoms with E-state index in [-0.39, 0.29) is 17.6 Å². The third-order valence-corrected chi connectivity index (χ3v) is 5.47. The van der Waals surface area contributed by atoms with E-state index in [9.17, 15) is 4.79 Å². The molecule has 3 aromatic rings. The molecule has 0 bridgehead atoms. The van der Waals surface area contributed by atoms with Crippen molar-refractivity contribution in [2.45, 2.75) is 31.8 Å². The van der Waals surface area contributed by atoms with Crippen LogP contribution in [0.25, 0.3) is 5.69 Å². The molecule has 0 fully saturated rings. The molecule has 1 N–H and O–H groups in total. The van der Waals surface area contributed by atoms with Crippen LogP contribution in [0.4, 0.5) is 0 Å². The van der Waals surface area contributed by atoms with Gasteiger partial charge in [0.15, 0.2) is 0 Å². The van der Waals surface area contributed by atoms with E-state index in [0.717, 1.165) is 11.3 Å². The fourth-order valence-electron chi connectivity index (χ4n) is 2.73. The Balaban J connectivity index is 1.57. The number of nitrogens with one attached hydrogen (secondary N) is 1. The molecule has 1 aromatic heterocycles. The monoisotopic (exact) mass is 381 g/mol. The molecule has 140 valence electrons.